The molecule has 0 saturated heterocycles. The molecule has 0 atom stereocenters. The first-order valence-electron chi connectivity index (χ1n) is 4.14. The predicted octanol–water partition coefficient (Wildman–Crippen LogP) is 1.62. The SMILES string of the molecule is Cl.Cl.[C-]1=CC=CC1.[C-]1=CC=CC1.[SiH2]=[Zr]=[SiH2]. The van der Waals surface area contributed by atoms with Crippen LogP contribution in [0.5, 0.6) is 0 Å². The van der Waals surface area contributed by atoms with E-state index in [-0.39, 0.29) is 45.3 Å². The Morgan fingerprint density at radius 3 is 1.27 bits per heavy atom. The van der Waals surface area contributed by atoms with Crippen LogP contribution in [-0.2, 0) is 20.5 Å². The summed E-state index contributed by atoms with van der Waals surface area (Å²) >= 11 is 0.286. The van der Waals surface area contributed by atoms with Crippen molar-refractivity contribution in [1.82, 2.24) is 0 Å². The molecule has 0 amide bonds. The van der Waals surface area contributed by atoms with Gasteiger partial charge in [0.1, 0.15) is 0 Å². The normalized spacial score (nSPS) is 12.3. The molecule has 0 radical (unpaired) electrons. The fourth-order valence-electron chi connectivity index (χ4n) is 0.680. The summed E-state index contributed by atoms with van der Waals surface area (Å²) in [6.45, 7) is 4.31. The van der Waals surface area contributed by atoms with Crippen LogP contribution in [0.15, 0.2) is 36.5 Å². The molecule has 0 N–H and O–H groups in total. The summed E-state index contributed by atoms with van der Waals surface area (Å²) in [6.07, 6.45) is 20.0. The van der Waals surface area contributed by atoms with Crippen LogP contribution in [0, 0.1) is 12.2 Å². The summed E-state index contributed by atoms with van der Waals surface area (Å²) in [5.74, 6) is 0. The molecule has 0 spiro atoms. The van der Waals surface area contributed by atoms with E-state index in [1.807, 2.05) is 24.3 Å². The van der Waals surface area contributed by atoms with E-state index in [1.54, 1.807) is 0 Å². The Morgan fingerprint density at radius 1 is 0.867 bits per heavy atom. The van der Waals surface area contributed by atoms with Crippen molar-refractivity contribution >= 4 is 38.6 Å². The molecule has 0 fully saturated rings. The molecule has 84 valence electrons. The van der Waals surface area contributed by atoms with Crippen LogP contribution in [0.25, 0.3) is 0 Å². The van der Waals surface area contributed by atoms with Gasteiger partial charge in [-0.05, 0) is 0 Å². The molecule has 2 aliphatic rings. The van der Waals surface area contributed by atoms with E-state index in [9.17, 15) is 0 Å². The van der Waals surface area contributed by atoms with Crippen LogP contribution >= 0.6 is 24.8 Å². The van der Waals surface area contributed by atoms with Crippen molar-refractivity contribution in [1.29, 1.82) is 0 Å². The maximum absolute atomic E-state index is 2.99. The minimum atomic E-state index is 0. The molecule has 5 heteroatoms. The summed E-state index contributed by atoms with van der Waals surface area (Å²) in [4.78, 5) is 0. The van der Waals surface area contributed by atoms with Gasteiger partial charge in [-0.1, -0.05) is 0 Å². The summed E-state index contributed by atoms with van der Waals surface area (Å²) in [6, 6.07) is 0. The molecule has 2 aliphatic carbocycles. The first-order chi connectivity index (χ1) is 6.41. The van der Waals surface area contributed by atoms with Gasteiger partial charge in [0, 0.05) is 0 Å². The average molecular weight is 355 g/mol. The molecule has 0 aromatic rings. The van der Waals surface area contributed by atoms with Crippen molar-refractivity contribution in [3.05, 3.63) is 48.6 Å². The molecule has 0 nitrogen and oxygen atoms in total. The van der Waals surface area contributed by atoms with Crippen molar-refractivity contribution in [2.45, 2.75) is 12.8 Å². The summed E-state index contributed by atoms with van der Waals surface area (Å²) in [5.41, 5.74) is 0. The fourth-order valence-corrected chi connectivity index (χ4v) is 0.680. The summed E-state index contributed by atoms with van der Waals surface area (Å²) < 4.78 is 0. The van der Waals surface area contributed by atoms with E-state index in [0.717, 1.165) is 12.8 Å². The van der Waals surface area contributed by atoms with Crippen LogP contribution < -0.4 is 0 Å². The van der Waals surface area contributed by atoms with Crippen molar-refractivity contribution in [3.8, 4) is 0 Å². The minimum absolute atomic E-state index is 0. The zero-order chi connectivity index (χ0) is 9.78. The van der Waals surface area contributed by atoms with Crippen molar-refractivity contribution in [3.63, 3.8) is 0 Å². The number of halogens is 2. The van der Waals surface area contributed by atoms with Gasteiger partial charge in [-0.25, -0.2) is 24.3 Å². The second-order valence-corrected chi connectivity index (χ2v) is 15.3. The Labute approximate surface area is 119 Å². The number of hydrogen-bond acceptors (Lipinski definition) is 0. The van der Waals surface area contributed by atoms with E-state index in [0.29, 0.717) is 0 Å². The molecule has 0 aliphatic heterocycles. The zero-order valence-corrected chi connectivity index (χ0v) is 15.5. The molecule has 0 heterocycles. The third-order valence-electron chi connectivity index (χ3n) is 1.17. The van der Waals surface area contributed by atoms with E-state index < -0.39 is 0 Å². The van der Waals surface area contributed by atoms with Crippen molar-refractivity contribution < 1.29 is 20.5 Å². The Morgan fingerprint density at radius 2 is 1.20 bits per heavy atom. The monoisotopic (exact) mass is 352 g/mol. The quantitative estimate of drug-likeness (QED) is 0.458. The Hall–Kier alpha value is 0.857. The number of rotatable bonds is 0. The van der Waals surface area contributed by atoms with Gasteiger partial charge in [0.15, 0.2) is 0 Å². The van der Waals surface area contributed by atoms with Gasteiger partial charge < -0.3 is 0 Å². The first kappa shape index (κ1) is 21.2. The molecule has 0 saturated carbocycles. The Bertz CT molecular complexity index is 223. The number of allylic oxidation sites excluding steroid dienone is 8. The molecule has 2 rings (SSSR count). The van der Waals surface area contributed by atoms with Gasteiger partial charge in [0.05, 0.1) is 0 Å². The fraction of sp³-hybridized carbons (Fsp3) is 0.200. The molecule has 0 bridgehead atoms. The predicted molar refractivity (Wildman–Crippen MR) is 74.7 cm³/mol. The topological polar surface area (TPSA) is 0 Å². The van der Waals surface area contributed by atoms with Crippen LogP contribution in [0.2, 0.25) is 0 Å². The Kier molecular flexibility index (Phi) is 28.6. The zero-order valence-electron chi connectivity index (χ0n) is 8.61. The van der Waals surface area contributed by atoms with Crippen LogP contribution in [0.1, 0.15) is 12.8 Å². The molecular formula is C10H16Cl2Si2Zr-2. The second-order valence-electron chi connectivity index (χ2n) is 2.26. The van der Waals surface area contributed by atoms with Crippen LogP contribution in [0.3, 0.4) is 0 Å². The average Bonchev–Trinajstić information content (AvgIpc) is 2.85. The van der Waals surface area contributed by atoms with Crippen molar-refractivity contribution in [2.75, 3.05) is 0 Å². The van der Waals surface area contributed by atoms with E-state index in [2.05, 4.69) is 38.1 Å². The molecule has 0 aromatic carbocycles. The molecule has 0 unspecified atom stereocenters. The van der Waals surface area contributed by atoms with Gasteiger partial charge in [-0.2, -0.15) is 12.2 Å². The third-order valence-corrected chi connectivity index (χ3v) is 1.17. The summed E-state index contributed by atoms with van der Waals surface area (Å²) in [5, 5.41) is 0. The van der Waals surface area contributed by atoms with Crippen LogP contribution in [0.4, 0.5) is 0 Å². The maximum atomic E-state index is 2.99. The standard InChI is InChI=1S/2C5H5.2ClH.2H2Si.Zr/c2*1-2-4-5-3-1;;;;;/h2*1-3H,4H2;2*1H;2*1H2;/q2*-1;;;;;. The second kappa shape index (κ2) is 20.3. The molecule has 0 aromatic heterocycles. The van der Waals surface area contributed by atoms with Gasteiger partial charge in [-0.3, -0.25) is 12.2 Å². The third kappa shape index (κ3) is 20.8. The molecular weight excluding hydrogens is 338 g/mol. The number of hydrogen-bond donors (Lipinski definition) is 0. The van der Waals surface area contributed by atoms with Crippen LogP contribution in [-0.4, -0.2) is 13.8 Å². The van der Waals surface area contributed by atoms with E-state index >= 15 is 0 Å². The van der Waals surface area contributed by atoms with Gasteiger partial charge in [-0.15, -0.1) is 37.7 Å². The van der Waals surface area contributed by atoms with E-state index in [4.69, 9.17) is 0 Å². The summed E-state index contributed by atoms with van der Waals surface area (Å²) in [7, 11) is 0. The van der Waals surface area contributed by atoms with Gasteiger partial charge >= 0.3 is 34.2 Å². The van der Waals surface area contributed by atoms with E-state index in [1.165, 1.54) is 0 Å². The van der Waals surface area contributed by atoms with Crippen molar-refractivity contribution in [2.24, 2.45) is 0 Å². The molecule has 15 heavy (non-hydrogen) atoms. The van der Waals surface area contributed by atoms with Gasteiger partial charge in [0.2, 0.25) is 0 Å². The van der Waals surface area contributed by atoms with Gasteiger partial charge in [0.25, 0.3) is 0 Å². The Balaban J connectivity index is -0.000000140. The first-order valence-corrected chi connectivity index (χ1v) is 16.0.